The molecular formula is C18H30ClN. The van der Waals surface area contributed by atoms with Crippen molar-refractivity contribution in [2.75, 3.05) is 0 Å². The normalized spacial score (nSPS) is 32.2. The molecule has 0 aromatic heterocycles. The highest BCUT2D eigenvalue weighted by atomic mass is 35.5. The predicted molar refractivity (Wildman–Crippen MR) is 88.7 cm³/mol. The van der Waals surface area contributed by atoms with E-state index in [1.54, 1.807) is 0 Å². The quantitative estimate of drug-likeness (QED) is 0.736. The van der Waals surface area contributed by atoms with Crippen LogP contribution in [0.3, 0.4) is 0 Å². The van der Waals surface area contributed by atoms with Crippen LogP contribution < -0.4 is 5.73 Å². The molecule has 0 aromatic carbocycles. The maximum atomic E-state index is 6.16. The Morgan fingerprint density at radius 2 is 1.95 bits per heavy atom. The van der Waals surface area contributed by atoms with Gasteiger partial charge < -0.3 is 5.73 Å². The van der Waals surface area contributed by atoms with Crippen LogP contribution in [0.1, 0.15) is 58.8 Å². The number of hydrogen-bond donors (Lipinski definition) is 1. The Bertz CT molecular complexity index is 350. The van der Waals surface area contributed by atoms with Crippen molar-refractivity contribution in [2.45, 2.75) is 64.8 Å². The summed E-state index contributed by atoms with van der Waals surface area (Å²) in [5, 5.41) is 0.914. The number of hydrogen-bond acceptors (Lipinski definition) is 1. The van der Waals surface area contributed by atoms with Crippen LogP contribution in [-0.2, 0) is 0 Å². The summed E-state index contributed by atoms with van der Waals surface area (Å²) in [5.41, 5.74) is 6.16. The number of nitrogens with two attached hydrogens (primary N) is 1. The lowest BCUT2D eigenvalue weighted by Crippen LogP contribution is -2.28. The Kier molecular flexibility index (Phi) is 6.17. The van der Waals surface area contributed by atoms with Crippen LogP contribution in [0.25, 0.3) is 0 Å². The van der Waals surface area contributed by atoms with E-state index in [1.807, 2.05) is 0 Å². The third-order valence-electron chi connectivity index (χ3n) is 5.35. The lowest BCUT2D eigenvalue weighted by molar-refractivity contribution is 0.214. The monoisotopic (exact) mass is 295 g/mol. The second-order valence-electron chi connectivity index (χ2n) is 7.11. The molecule has 2 aliphatic rings. The maximum absolute atomic E-state index is 6.16. The zero-order valence-corrected chi connectivity index (χ0v) is 13.8. The molecule has 2 atom stereocenters. The number of rotatable bonds is 5. The lowest BCUT2D eigenvalue weighted by Gasteiger charge is -2.33. The molecule has 2 rings (SSSR count). The van der Waals surface area contributed by atoms with Gasteiger partial charge in [0.2, 0.25) is 0 Å². The summed E-state index contributed by atoms with van der Waals surface area (Å²) in [7, 11) is 0. The number of allylic oxidation sites excluding steroid dienone is 4. The molecule has 1 fully saturated rings. The standard InChI is InChI=1S/C18H30ClN/c1-13(2)18(20)12-5-14-3-6-15(7-4-14)16-8-10-17(19)11-9-16/h8,10-11,13-16,18H,3-7,9,12,20H2,1-2H3/t14?,15?,16?,18-/m0/s1. The Labute approximate surface area is 129 Å². The molecular weight excluding hydrogens is 266 g/mol. The van der Waals surface area contributed by atoms with Gasteiger partial charge in [-0.1, -0.05) is 50.4 Å². The van der Waals surface area contributed by atoms with Gasteiger partial charge in [0.05, 0.1) is 0 Å². The fourth-order valence-electron chi connectivity index (χ4n) is 3.63. The Morgan fingerprint density at radius 3 is 2.50 bits per heavy atom. The maximum Gasteiger partial charge on any atom is 0.0363 e. The fraction of sp³-hybridized carbons (Fsp3) is 0.778. The molecule has 0 saturated heterocycles. The fourth-order valence-corrected chi connectivity index (χ4v) is 3.79. The molecule has 0 amide bonds. The average Bonchev–Trinajstić information content (AvgIpc) is 2.46. The summed E-state index contributed by atoms with van der Waals surface area (Å²) >= 11 is 6.00. The van der Waals surface area contributed by atoms with Crippen molar-refractivity contribution in [1.82, 2.24) is 0 Å². The van der Waals surface area contributed by atoms with Crippen LogP contribution in [0.15, 0.2) is 23.3 Å². The third kappa shape index (κ3) is 4.63. The molecule has 20 heavy (non-hydrogen) atoms. The summed E-state index contributed by atoms with van der Waals surface area (Å²) in [5.74, 6) is 3.15. The highest BCUT2D eigenvalue weighted by molar-refractivity contribution is 6.31. The molecule has 114 valence electrons. The van der Waals surface area contributed by atoms with Crippen molar-refractivity contribution in [3.05, 3.63) is 23.3 Å². The van der Waals surface area contributed by atoms with E-state index in [2.05, 4.69) is 32.1 Å². The second-order valence-corrected chi connectivity index (χ2v) is 7.55. The van der Waals surface area contributed by atoms with Gasteiger partial charge in [0, 0.05) is 11.1 Å². The van der Waals surface area contributed by atoms with Crippen molar-refractivity contribution in [2.24, 2.45) is 29.4 Å². The minimum absolute atomic E-state index is 0.390. The molecule has 1 unspecified atom stereocenters. The Morgan fingerprint density at radius 1 is 1.25 bits per heavy atom. The van der Waals surface area contributed by atoms with Crippen molar-refractivity contribution < 1.29 is 0 Å². The first kappa shape index (κ1) is 16.1. The van der Waals surface area contributed by atoms with Crippen LogP contribution >= 0.6 is 11.6 Å². The largest absolute Gasteiger partial charge is 0.327 e. The van der Waals surface area contributed by atoms with Gasteiger partial charge >= 0.3 is 0 Å². The molecule has 0 heterocycles. The number of halogens is 1. The van der Waals surface area contributed by atoms with Gasteiger partial charge in [-0.05, 0) is 61.9 Å². The van der Waals surface area contributed by atoms with Crippen molar-refractivity contribution >= 4 is 11.6 Å². The first-order valence-electron chi connectivity index (χ1n) is 8.35. The SMILES string of the molecule is CC(C)[C@@H](N)CCC1CCC(C2C=CC(Cl)=CC2)CC1. The van der Waals surface area contributed by atoms with Crippen LogP contribution in [0.5, 0.6) is 0 Å². The predicted octanol–water partition coefficient (Wildman–Crippen LogP) is 5.26. The molecule has 0 spiro atoms. The van der Waals surface area contributed by atoms with E-state index < -0.39 is 0 Å². The topological polar surface area (TPSA) is 26.0 Å². The molecule has 1 nitrogen and oxygen atoms in total. The van der Waals surface area contributed by atoms with Gasteiger partial charge in [-0.2, -0.15) is 0 Å². The van der Waals surface area contributed by atoms with E-state index in [0.29, 0.717) is 12.0 Å². The molecule has 2 N–H and O–H groups in total. The molecule has 1 saturated carbocycles. The molecule has 2 aliphatic carbocycles. The van der Waals surface area contributed by atoms with Gasteiger partial charge in [0.15, 0.2) is 0 Å². The van der Waals surface area contributed by atoms with E-state index in [1.165, 1.54) is 38.5 Å². The summed E-state index contributed by atoms with van der Waals surface area (Å²) < 4.78 is 0. The van der Waals surface area contributed by atoms with Crippen LogP contribution in [0, 0.1) is 23.7 Å². The zero-order valence-electron chi connectivity index (χ0n) is 13.0. The third-order valence-corrected chi connectivity index (χ3v) is 5.63. The zero-order chi connectivity index (χ0) is 14.5. The van der Waals surface area contributed by atoms with Crippen LogP contribution in [0.4, 0.5) is 0 Å². The molecule has 0 radical (unpaired) electrons. The van der Waals surface area contributed by atoms with Gasteiger partial charge in [0.1, 0.15) is 0 Å². The average molecular weight is 296 g/mol. The lowest BCUT2D eigenvalue weighted by atomic mass is 9.72. The first-order chi connectivity index (χ1) is 9.56. The summed E-state index contributed by atoms with van der Waals surface area (Å²) in [4.78, 5) is 0. The van der Waals surface area contributed by atoms with Gasteiger partial charge in [-0.25, -0.2) is 0 Å². The van der Waals surface area contributed by atoms with E-state index in [9.17, 15) is 0 Å². The summed E-state index contributed by atoms with van der Waals surface area (Å²) in [6.07, 6.45) is 15.9. The Balaban J connectivity index is 1.69. The molecule has 0 bridgehead atoms. The van der Waals surface area contributed by atoms with Crippen molar-refractivity contribution in [3.8, 4) is 0 Å². The summed E-state index contributed by atoms with van der Waals surface area (Å²) in [6.45, 7) is 4.46. The second kappa shape index (κ2) is 7.66. The molecule has 0 aliphatic heterocycles. The van der Waals surface area contributed by atoms with Gasteiger partial charge in [-0.15, -0.1) is 0 Å². The van der Waals surface area contributed by atoms with E-state index >= 15 is 0 Å². The minimum Gasteiger partial charge on any atom is -0.327 e. The smallest absolute Gasteiger partial charge is 0.0363 e. The minimum atomic E-state index is 0.390. The van der Waals surface area contributed by atoms with E-state index in [-0.39, 0.29) is 0 Å². The highest BCUT2D eigenvalue weighted by Crippen LogP contribution is 2.39. The van der Waals surface area contributed by atoms with E-state index in [0.717, 1.165) is 29.2 Å². The highest BCUT2D eigenvalue weighted by Gasteiger charge is 2.26. The Hall–Kier alpha value is -0.270. The molecule has 0 aromatic rings. The summed E-state index contributed by atoms with van der Waals surface area (Å²) in [6, 6.07) is 0.390. The van der Waals surface area contributed by atoms with E-state index in [4.69, 9.17) is 17.3 Å². The first-order valence-corrected chi connectivity index (χ1v) is 8.73. The van der Waals surface area contributed by atoms with Crippen molar-refractivity contribution in [3.63, 3.8) is 0 Å². The molecule has 2 heteroatoms. The van der Waals surface area contributed by atoms with Crippen molar-refractivity contribution in [1.29, 1.82) is 0 Å². The van der Waals surface area contributed by atoms with Gasteiger partial charge in [0.25, 0.3) is 0 Å². The van der Waals surface area contributed by atoms with Gasteiger partial charge in [-0.3, -0.25) is 0 Å². The van der Waals surface area contributed by atoms with Crippen LogP contribution in [0.2, 0.25) is 0 Å². The van der Waals surface area contributed by atoms with Crippen LogP contribution in [-0.4, -0.2) is 6.04 Å².